The molecule has 0 aromatic rings. The SMILES string of the molecule is NC1CCN(CC(=O)NC2(CO)CCCC2)CC1. The third kappa shape index (κ3) is 3.43. The van der Waals surface area contributed by atoms with Crippen molar-refractivity contribution in [2.24, 2.45) is 5.73 Å². The van der Waals surface area contributed by atoms with E-state index in [0.717, 1.165) is 51.6 Å². The average molecular weight is 255 g/mol. The van der Waals surface area contributed by atoms with Gasteiger partial charge >= 0.3 is 0 Å². The van der Waals surface area contributed by atoms with Gasteiger partial charge in [-0.1, -0.05) is 12.8 Å². The van der Waals surface area contributed by atoms with E-state index in [2.05, 4.69) is 10.2 Å². The number of carbonyl (C=O) groups excluding carboxylic acids is 1. The van der Waals surface area contributed by atoms with Crippen molar-refractivity contribution in [2.75, 3.05) is 26.2 Å². The van der Waals surface area contributed by atoms with Crippen LogP contribution >= 0.6 is 0 Å². The summed E-state index contributed by atoms with van der Waals surface area (Å²) in [5, 5.41) is 12.5. The van der Waals surface area contributed by atoms with Gasteiger partial charge in [-0.2, -0.15) is 0 Å². The fourth-order valence-corrected chi connectivity index (χ4v) is 3.02. The van der Waals surface area contributed by atoms with E-state index in [1.807, 2.05) is 0 Å². The molecule has 5 nitrogen and oxygen atoms in total. The van der Waals surface area contributed by atoms with Gasteiger partial charge in [0.15, 0.2) is 0 Å². The summed E-state index contributed by atoms with van der Waals surface area (Å²) in [6, 6.07) is 0.294. The van der Waals surface area contributed by atoms with Crippen molar-refractivity contribution in [1.29, 1.82) is 0 Å². The number of nitrogens with two attached hydrogens (primary N) is 1. The minimum atomic E-state index is -0.344. The molecule has 2 rings (SSSR count). The topological polar surface area (TPSA) is 78.6 Å². The highest BCUT2D eigenvalue weighted by Gasteiger charge is 2.34. The molecular formula is C13H25N3O2. The summed E-state index contributed by atoms with van der Waals surface area (Å²) in [5.74, 6) is 0.0430. The molecule has 0 atom stereocenters. The molecule has 1 amide bonds. The number of aliphatic hydroxyl groups is 1. The van der Waals surface area contributed by atoms with Crippen molar-refractivity contribution in [2.45, 2.75) is 50.1 Å². The summed E-state index contributed by atoms with van der Waals surface area (Å²) < 4.78 is 0. The van der Waals surface area contributed by atoms with Gasteiger partial charge in [-0.15, -0.1) is 0 Å². The molecule has 0 aromatic heterocycles. The molecule has 0 aromatic carbocycles. The van der Waals surface area contributed by atoms with E-state index in [-0.39, 0.29) is 18.1 Å². The maximum absolute atomic E-state index is 12.0. The van der Waals surface area contributed by atoms with Crippen molar-refractivity contribution >= 4 is 5.91 Å². The predicted octanol–water partition coefficient (Wildman–Crippen LogP) is -0.169. The summed E-state index contributed by atoms with van der Waals surface area (Å²) in [5.41, 5.74) is 5.50. The van der Waals surface area contributed by atoms with Gasteiger partial charge in [0.2, 0.25) is 5.91 Å². The molecule has 0 unspecified atom stereocenters. The zero-order valence-electron chi connectivity index (χ0n) is 11.0. The van der Waals surface area contributed by atoms with Crippen molar-refractivity contribution in [1.82, 2.24) is 10.2 Å². The smallest absolute Gasteiger partial charge is 0.234 e. The minimum Gasteiger partial charge on any atom is -0.394 e. The quantitative estimate of drug-likeness (QED) is 0.652. The highest BCUT2D eigenvalue weighted by atomic mass is 16.3. The number of hydrogen-bond acceptors (Lipinski definition) is 4. The Morgan fingerprint density at radius 2 is 1.94 bits per heavy atom. The van der Waals surface area contributed by atoms with Crippen molar-refractivity contribution in [3.63, 3.8) is 0 Å². The van der Waals surface area contributed by atoms with Crippen LogP contribution in [-0.4, -0.2) is 53.7 Å². The second kappa shape index (κ2) is 5.99. The molecular weight excluding hydrogens is 230 g/mol. The Bertz CT molecular complexity index is 282. The fourth-order valence-electron chi connectivity index (χ4n) is 3.02. The number of hydrogen-bond donors (Lipinski definition) is 3. The summed E-state index contributed by atoms with van der Waals surface area (Å²) in [6.45, 7) is 2.31. The second-order valence-electron chi connectivity index (χ2n) is 5.81. The lowest BCUT2D eigenvalue weighted by molar-refractivity contribution is -0.125. The van der Waals surface area contributed by atoms with Gasteiger partial charge in [0.1, 0.15) is 0 Å². The number of likely N-dealkylation sites (tertiary alicyclic amines) is 1. The summed E-state index contributed by atoms with van der Waals surface area (Å²) in [7, 11) is 0. The van der Waals surface area contributed by atoms with Crippen LogP contribution in [0.4, 0.5) is 0 Å². The second-order valence-corrected chi connectivity index (χ2v) is 5.81. The molecule has 1 aliphatic heterocycles. The molecule has 5 heteroatoms. The van der Waals surface area contributed by atoms with Crippen molar-refractivity contribution in [3.05, 3.63) is 0 Å². The van der Waals surface area contributed by atoms with Gasteiger partial charge in [-0.3, -0.25) is 9.69 Å². The molecule has 1 saturated carbocycles. The lowest BCUT2D eigenvalue weighted by Crippen LogP contribution is -2.53. The molecule has 2 fully saturated rings. The number of aliphatic hydroxyl groups excluding tert-OH is 1. The van der Waals surface area contributed by atoms with E-state index in [0.29, 0.717) is 12.6 Å². The molecule has 0 bridgehead atoms. The first-order valence-corrected chi connectivity index (χ1v) is 7.03. The van der Waals surface area contributed by atoms with Crippen LogP contribution < -0.4 is 11.1 Å². The maximum Gasteiger partial charge on any atom is 0.234 e. The average Bonchev–Trinajstić information content (AvgIpc) is 2.81. The molecule has 18 heavy (non-hydrogen) atoms. The monoisotopic (exact) mass is 255 g/mol. The zero-order valence-corrected chi connectivity index (χ0v) is 11.0. The number of piperidine rings is 1. The highest BCUT2D eigenvalue weighted by Crippen LogP contribution is 2.29. The van der Waals surface area contributed by atoms with Crippen LogP contribution in [0.15, 0.2) is 0 Å². The van der Waals surface area contributed by atoms with E-state index in [1.165, 1.54) is 0 Å². The first-order chi connectivity index (χ1) is 8.63. The van der Waals surface area contributed by atoms with E-state index < -0.39 is 0 Å². The summed E-state index contributed by atoms with van der Waals surface area (Å²) in [4.78, 5) is 14.2. The lowest BCUT2D eigenvalue weighted by atomic mass is 9.99. The first kappa shape index (κ1) is 13.8. The van der Waals surface area contributed by atoms with Crippen molar-refractivity contribution < 1.29 is 9.90 Å². The number of rotatable bonds is 4. The van der Waals surface area contributed by atoms with Crippen LogP contribution in [0.1, 0.15) is 38.5 Å². The van der Waals surface area contributed by atoms with Gasteiger partial charge in [-0.25, -0.2) is 0 Å². The molecule has 1 saturated heterocycles. The van der Waals surface area contributed by atoms with Gasteiger partial charge in [0.25, 0.3) is 0 Å². The van der Waals surface area contributed by atoms with Gasteiger partial charge in [-0.05, 0) is 25.7 Å². The Labute approximate surface area is 109 Å². The van der Waals surface area contributed by atoms with Crippen LogP contribution in [-0.2, 0) is 4.79 Å². The van der Waals surface area contributed by atoms with E-state index in [1.54, 1.807) is 0 Å². The first-order valence-electron chi connectivity index (χ1n) is 7.03. The molecule has 1 aliphatic carbocycles. The third-order valence-corrected chi connectivity index (χ3v) is 4.27. The third-order valence-electron chi connectivity index (χ3n) is 4.27. The number of amides is 1. The fraction of sp³-hybridized carbons (Fsp3) is 0.923. The summed E-state index contributed by atoms with van der Waals surface area (Å²) in [6.07, 6.45) is 5.94. The number of carbonyl (C=O) groups is 1. The van der Waals surface area contributed by atoms with Gasteiger partial charge in [0.05, 0.1) is 18.7 Å². The van der Waals surface area contributed by atoms with Crippen LogP contribution in [0.25, 0.3) is 0 Å². The molecule has 2 aliphatic rings. The van der Waals surface area contributed by atoms with Crippen LogP contribution in [0, 0.1) is 0 Å². The zero-order chi connectivity index (χ0) is 13.0. The molecule has 0 radical (unpaired) electrons. The Morgan fingerprint density at radius 1 is 1.33 bits per heavy atom. The van der Waals surface area contributed by atoms with Crippen molar-refractivity contribution in [3.8, 4) is 0 Å². The largest absolute Gasteiger partial charge is 0.394 e. The molecule has 104 valence electrons. The normalized spacial score (nSPS) is 25.2. The van der Waals surface area contributed by atoms with E-state index in [9.17, 15) is 9.90 Å². The molecule has 1 heterocycles. The van der Waals surface area contributed by atoms with Crippen LogP contribution in [0.5, 0.6) is 0 Å². The Balaban J connectivity index is 1.77. The van der Waals surface area contributed by atoms with Gasteiger partial charge in [0, 0.05) is 19.1 Å². The standard InChI is InChI=1S/C13H25N3O2/c14-11-3-7-16(8-4-11)9-12(18)15-13(10-17)5-1-2-6-13/h11,17H,1-10,14H2,(H,15,18). The molecule has 4 N–H and O–H groups in total. The molecule has 0 spiro atoms. The van der Waals surface area contributed by atoms with Crippen LogP contribution in [0.3, 0.4) is 0 Å². The number of nitrogens with one attached hydrogen (secondary N) is 1. The predicted molar refractivity (Wildman–Crippen MR) is 70.1 cm³/mol. The van der Waals surface area contributed by atoms with E-state index >= 15 is 0 Å². The number of nitrogens with zero attached hydrogens (tertiary/aromatic N) is 1. The Kier molecular flexibility index (Phi) is 4.59. The highest BCUT2D eigenvalue weighted by molar-refractivity contribution is 5.79. The minimum absolute atomic E-state index is 0.0430. The Morgan fingerprint density at radius 3 is 2.50 bits per heavy atom. The maximum atomic E-state index is 12.0. The summed E-state index contributed by atoms with van der Waals surface area (Å²) >= 11 is 0. The van der Waals surface area contributed by atoms with Crippen LogP contribution in [0.2, 0.25) is 0 Å². The van der Waals surface area contributed by atoms with E-state index in [4.69, 9.17) is 5.73 Å². The van der Waals surface area contributed by atoms with Gasteiger partial charge < -0.3 is 16.2 Å². The lowest BCUT2D eigenvalue weighted by Gasteiger charge is -2.32. The Hall–Kier alpha value is -0.650.